The monoisotopic (exact) mass is 639 g/mol. The number of ether oxygens (including phenoxy) is 1. The number of piperazine rings is 1. The summed E-state index contributed by atoms with van der Waals surface area (Å²) in [6.07, 6.45) is 0. The highest BCUT2D eigenvalue weighted by atomic mass is 32.2. The second-order valence-corrected chi connectivity index (χ2v) is 12.4. The molecule has 3 aromatic carbocycles. The number of rotatable bonds is 11. The average molecular weight is 640 g/mol. The highest BCUT2D eigenvalue weighted by molar-refractivity contribution is 7.89. The zero-order valence-electron chi connectivity index (χ0n) is 24.0. The fraction of sp³-hybridized carbons (Fsp3) is 0.300. The van der Waals surface area contributed by atoms with Gasteiger partial charge in [-0.1, -0.05) is 30.3 Å². The van der Waals surface area contributed by atoms with Gasteiger partial charge in [0.1, 0.15) is 17.0 Å². The van der Waals surface area contributed by atoms with Crippen LogP contribution < -0.4 is 25.0 Å². The lowest BCUT2D eigenvalue weighted by Gasteiger charge is -2.47. The van der Waals surface area contributed by atoms with Crippen molar-refractivity contribution in [1.29, 1.82) is 0 Å². The molecule has 0 aliphatic carbocycles. The number of barbiturate groups is 1. The van der Waals surface area contributed by atoms with Gasteiger partial charge in [0.05, 0.1) is 24.7 Å². The Morgan fingerprint density at radius 3 is 1.82 bits per heavy atom. The van der Waals surface area contributed by atoms with E-state index in [0.717, 1.165) is 0 Å². The molecular weight excluding hydrogens is 606 g/mol. The predicted octanol–water partition coefficient (Wildman–Crippen LogP) is -0.144. The maximum absolute atomic E-state index is 13.5. The van der Waals surface area contributed by atoms with Crippen molar-refractivity contribution in [3.63, 3.8) is 0 Å². The van der Waals surface area contributed by atoms with E-state index in [1.807, 2.05) is 23.1 Å². The maximum atomic E-state index is 13.5. The first-order chi connectivity index (χ1) is 21.6. The van der Waals surface area contributed by atoms with Crippen LogP contribution in [0.3, 0.4) is 0 Å². The van der Waals surface area contributed by atoms with Gasteiger partial charge in [0.2, 0.25) is 15.6 Å². The number of imide groups is 2. The topological polar surface area (TPSA) is 198 Å². The van der Waals surface area contributed by atoms with Crippen LogP contribution in [0.15, 0.2) is 83.8 Å². The van der Waals surface area contributed by atoms with Gasteiger partial charge in [0.25, 0.3) is 11.8 Å². The van der Waals surface area contributed by atoms with Gasteiger partial charge in [0, 0.05) is 31.9 Å². The first kappa shape index (κ1) is 32.0. The van der Waals surface area contributed by atoms with Crippen LogP contribution in [0, 0.1) is 0 Å². The summed E-state index contributed by atoms with van der Waals surface area (Å²) >= 11 is 0. The molecule has 0 aromatic heterocycles. The number of para-hydroxylation sites is 1. The van der Waals surface area contributed by atoms with Crippen LogP contribution >= 0.6 is 0 Å². The zero-order chi connectivity index (χ0) is 32.2. The number of sulfonamides is 1. The summed E-state index contributed by atoms with van der Waals surface area (Å²) in [5.74, 6) is -0.431. The Bertz CT molecular complexity index is 1610. The summed E-state index contributed by atoms with van der Waals surface area (Å²) in [5.41, 5.74) is -2.62. The van der Waals surface area contributed by atoms with E-state index in [0.29, 0.717) is 35.8 Å². The van der Waals surface area contributed by atoms with Crippen LogP contribution in [0.1, 0.15) is 5.56 Å². The minimum atomic E-state index is -4.18. The van der Waals surface area contributed by atoms with E-state index in [-0.39, 0.29) is 18.0 Å². The summed E-state index contributed by atoms with van der Waals surface area (Å²) in [7, 11) is -4.18. The second kappa shape index (κ2) is 12.9. The third-order valence-electron chi connectivity index (χ3n) is 7.89. The van der Waals surface area contributed by atoms with Gasteiger partial charge in [-0.15, -0.1) is 0 Å². The van der Waals surface area contributed by atoms with Crippen LogP contribution in [-0.2, 0) is 25.2 Å². The summed E-state index contributed by atoms with van der Waals surface area (Å²) in [6.45, 7) is -1.22. The molecule has 0 unspecified atom stereocenters. The Hall–Kier alpha value is -4.38. The highest BCUT2D eigenvalue weighted by Gasteiger charge is 2.56. The molecule has 2 aliphatic heterocycles. The van der Waals surface area contributed by atoms with Gasteiger partial charge >= 0.3 is 6.03 Å². The molecule has 2 heterocycles. The number of hydrogen-bond acceptors (Lipinski definition) is 11. The summed E-state index contributed by atoms with van der Waals surface area (Å²) < 4.78 is 33.7. The van der Waals surface area contributed by atoms with Crippen molar-refractivity contribution in [3.8, 4) is 11.5 Å². The Balaban J connectivity index is 1.34. The van der Waals surface area contributed by atoms with E-state index in [4.69, 9.17) is 4.74 Å². The molecule has 15 heteroatoms. The highest BCUT2D eigenvalue weighted by Crippen LogP contribution is 2.35. The van der Waals surface area contributed by atoms with Gasteiger partial charge in [0.15, 0.2) is 0 Å². The normalized spacial score (nSPS) is 17.5. The number of nitrogens with zero attached hydrogens (tertiary/aromatic N) is 2. The average Bonchev–Trinajstić information content (AvgIpc) is 3.05. The SMILES string of the molecule is O=C1NC(=O)C(c2ccc(Oc3ccccc3)cc2)(N2CCN(c3ccc(S(=O)(=O)NC(CO)(CO)CO)cc3)CC2)C(=O)N1. The van der Waals surface area contributed by atoms with Gasteiger partial charge < -0.3 is 25.0 Å². The first-order valence-electron chi connectivity index (χ1n) is 14.0. The summed E-state index contributed by atoms with van der Waals surface area (Å²) in [6, 6.07) is 20.6. The lowest BCUT2D eigenvalue weighted by molar-refractivity contribution is -0.149. The van der Waals surface area contributed by atoms with Crippen molar-refractivity contribution >= 4 is 33.6 Å². The Morgan fingerprint density at radius 2 is 1.29 bits per heavy atom. The quantitative estimate of drug-likeness (QED) is 0.153. The van der Waals surface area contributed by atoms with E-state index < -0.39 is 58.8 Å². The van der Waals surface area contributed by atoms with Crippen LogP contribution in [-0.4, -0.2) is 98.0 Å². The van der Waals surface area contributed by atoms with Crippen molar-refractivity contribution in [1.82, 2.24) is 20.3 Å². The lowest BCUT2D eigenvalue weighted by Crippen LogP contribution is -2.73. The van der Waals surface area contributed by atoms with Crippen LogP contribution in [0.4, 0.5) is 10.5 Å². The number of benzene rings is 3. The molecule has 0 atom stereocenters. The van der Waals surface area contributed by atoms with Crippen LogP contribution in [0.5, 0.6) is 11.5 Å². The minimum Gasteiger partial charge on any atom is -0.457 e. The molecule has 0 radical (unpaired) electrons. The molecule has 0 saturated carbocycles. The zero-order valence-corrected chi connectivity index (χ0v) is 24.9. The van der Waals surface area contributed by atoms with Gasteiger partial charge in [-0.25, -0.2) is 13.2 Å². The number of hydrogen-bond donors (Lipinski definition) is 6. The number of nitrogens with one attached hydrogen (secondary N) is 3. The van der Waals surface area contributed by atoms with E-state index in [1.165, 1.54) is 12.1 Å². The number of amides is 4. The smallest absolute Gasteiger partial charge is 0.328 e. The predicted molar refractivity (Wildman–Crippen MR) is 161 cm³/mol. The van der Waals surface area contributed by atoms with E-state index in [1.54, 1.807) is 53.4 Å². The van der Waals surface area contributed by atoms with Gasteiger partial charge in [-0.3, -0.25) is 25.1 Å². The molecule has 3 aromatic rings. The van der Waals surface area contributed by atoms with Gasteiger partial charge in [-0.05, 0) is 54.1 Å². The summed E-state index contributed by atoms with van der Waals surface area (Å²) in [4.78, 5) is 42.5. The lowest BCUT2D eigenvalue weighted by atomic mass is 9.84. The molecule has 2 aliphatic rings. The molecule has 14 nitrogen and oxygen atoms in total. The third-order valence-corrected chi connectivity index (χ3v) is 9.48. The molecule has 4 amide bonds. The van der Waals surface area contributed by atoms with Crippen molar-refractivity contribution in [2.24, 2.45) is 0 Å². The number of carbonyl (C=O) groups is 3. The van der Waals surface area contributed by atoms with Crippen molar-refractivity contribution in [3.05, 3.63) is 84.4 Å². The van der Waals surface area contributed by atoms with Crippen molar-refractivity contribution in [2.75, 3.05) is 50.9 Å². The molecular formula is C30H33N5O9S. The van der Waals surface area contributed by atoms with Gasteiger partial charge in [-0.2, -0.15) is 4.72 Å². The van der Waals surface area contributed by atoms with E-state index in [9.17, 15) is 38.1 Å². The van der Waals surface area contributed by atoms with Crippen molar-refractivity contribution < 1.29 is 42.9 Å². The summed E-state index contributed by atoms with van der Waals surface area (Å²) in [5, 5.41) is 32.9. The van der Waals surface area contributed by atoms with Crippen LogP contribution in [0.2, 0.25) is 0 Å². The number of carbonyl (C=O) groups excluding carboxylic acids is 3. The number of anilines is 1. The number of aliphatic hydroxyl groups is 3. The molecule has 5 rings (SSSR count). The molecule has 2 saturated heterocycles. The van der Waals surface area contributed by atoms with E-state index in [2.05, 4.69) is 15.4 Å². The number of urea groups is 1. The largest absolute Gasteiger partial charge is 0.457 e. The Kier molecular flexibility index (Phi) is 9.20. The van der Waals surface area contributed by atoms with Crippen LogP contribution in [0.25, 0.3) is 0 Å². The third kappa shape index (κ3) is 6.26. The molecule has 2 fully saturated rings. The van der Waals surface area contributed by atoms with E-state index >= 15 is 0 Å². The van der Waals surface area contributed by atoms with Crippen molar-refractivity contribution in [2.45, 2.75) is 16.0 Å². The minimum absolute atomic E-state index is 0.136. The second-order valence-electron chi connectivity index (χ2n) is 10.7. The molecule has 6 N–H and O–H groups in total. The molecule has 0 bridgehead atoms. The first-order valence-corrected chi connectivity index (χ1v) is 15.5. The Labute approximate surface area is 259 Å². The molecule has 238 valence electrons. The Morgan fingerprint density at radius 1 is 0.756 bits per heavy atom. The molecule has 0 spiro atoms. The fourth-order valence-corrected chi connectivity index (χ4v) is 6.75. The maximum Gasteiger partial charge on any atom is 0.328 e. The number of aliphatic hydroxyl groups excluding tert-OH is 3. The standard InChI is InChI=1S/C30H33N5O9S/c36-18-29(19-37,20-38)33-45(42,43)25-12-8-22(9-13-25)34-14-16-35(17-15-34)30(26(39)31-28(41)32-27(30)40)21-6-10-24(11-7-21)44-23-4-2-1-3-5-23/h1-13,33,36-38H,14-20H2,(H2,31,32,39,40,41). The molecule has 45 heavy (non-hydrogen) atoms. The fourth-order valence-electron chi connectivity index (χ4n) is 5.37.